The molecular weight excluding hydrogens is 236 g/mol. The highest BCUT2D eigenvalue weighted by Gasteiger charge is 2.11. The lowest BCUT2D eigenvalue weighted by atomic mass is 10.3. The molecule has 0 amide bonds. The van der Waals surface area contributed by atoms with Crippen molar-refractivity contribution >= 4 is 5.69 Å². The maximum absolute atomic E-state index is 10.7. The summed E-state index contributed by atoms with van der Waals surface area (Å²) in [4.78, 5) is 10.3. The molecule has 0 aliphatic carbocycles. The Labute approximate surface area is 103 Å². The summed E-state index contributed by atoms with van der Waals surface area (Å²) < 4.78 is 1.48. The molecule has 0 saturated heterocycles. The van der Waals surface area contributed by atoms with Gasteiger partial charge in [0.2, 0.25) is 0 Å². The van der Waals surface area contributed by atoms with Crippen LogP contribution in [0.1, 0.15) is 12.7 Å². The summed E-state index contributed by atoms with van der Waals surface area (Å²) in [6.07, 6.45) is 0. The molecule has 0 saturated carbocycles. The summed E-state index contributed by atoms with van der Waals surface area (Å²) in [5.74, 6) is 0.609. The van der Waals surface area contributed by atoms with E-state index >= 15 is 0 Å². The van der Waals surface area contributed by atoms with Gasteiger partial charge in [0.15, 0.2) is 5.82 Å². The van der Waals surface area contributed by atoms with Crippen LogP contribution in [0.15, 0.2) is 24.3 Å². The fraction of sp³-hybridized carbons (Fsp3) is 0.300. The van der Waals surface area contributed by atoms with Crippen molar-refractivity contribution in [1.82, 2.24) is 25.5 Å². The number of nitro groups is 1. The van der Waals surface area contributed by atoms with Crippen LogP contribution in [-0.4, -0.2) is 31.7 Å². The highest BCUT2D eigenvalue weighted by Crippen LogP contribution is 2.16. The molecular formula is C10H12N6O2. The van der Waals surface area contributed by atoms with Crippen LogP contribution in [0.5, 0.6) is 0 Å². The Kier molecular flexibility index (Phi) is 3.58. The van der Waals surface area contributed by atoms with E-state index in [-0.39, 0.29) is 5.69 Å². The largest absolute Gasteiger partial charge is 0.310 e. The zero-order chi connectivity index (χ0) is 13.0. The SMILES string of the molecule is CCNCc1nnnn1-c1cccc([N+](=O)[O-])c1. The summed E-state index contributed by atoms with van der Waals surface area (Å²) in [5, 5.41) is 25.1. The summed E-state index contributed by atoms with van der Waals surface area (Å²) in [5.41, 5.74) is 0.583. The molecule has 0 radical (unpaired) electrons. The van der Waals surface area contributed by atoms with Crippen molar-refractivity contribution in [3.63, 3.8) is 0 Å². The zero-order valence-electron chi connectivity index (χ0n) is 9.78. The predicted octanol–water partition coefficient (Wildman–Crippen LogP) is 0.680. The third-order valence-electron chi connectivity index (χ3n) is 2.35. The van der Waals surface area contributed by atoms with Crippen molar-refractivity contribution in [1.29, 1.82) is 0 Å². The quantitative estimate of drug-likeness (QED) is 0.617. The molecule has 0 fully saturated rings. The van der Waals surface area contributed by atoms with E-state index < -0.39 is 4.92 Å². The Morgan fingerprint density at radius 3 is 3.06 bits per heavy atom. The van der Waals surface area contributed by atoms with Crippen LogP contribution in [0.3, 0.4) is 0 Å². The summed E-state index contributed by atoms with van der Waals surface area (Å²) >= 11 is 0. The number of rotatable bonds is 5. The third-order valence-corrected chi connectivity index (χ3v) is 2.35. The molecule has 2 rings (SSSR count). The highest BCUT2D eigenvalue weighted by atomic mass is 16.6. The number of nitro benzene ring substituents is 1. The van der Waals surface area contributed by atoms with Crippen LogP contribution >= 0.6 is 0 Å². The van der Waals surface area contributed by atoms with Crippen LogP contribution in [-0.2, 0) is 6.54 Å². The first kappa shape index (κ1) is 12.1. The molecule has 0 spiro atoms. The minimum atomic E-state index is -0.447. The fourth-order valence-corrected chi connectivity index (χ4v) is 1.49. The second-order valence-electron chi connectivity index (χ2n) is 3.56. The predicted molar refractivity (Wildman–Crippen MR) is 63.2 cm³/mol. The second kappa shape index (κ2) is 5.32. The number of tetrazole rings is 1. The Bertz CT molecular complexity index is 553. The first-order valence-corrected chi connectivity index (χ1v) is 5.45. The van der Waals surface area contributed by atoms with Gasteiger partial charge in [-0.1, -0.05) is 13.0 Å². The second-order valence-corrected chi connectivity index (χ2v) is 3.56. The van der Waals surface area contributed by atoms with Gasteiger partial charge in [-0.15, -0.1) is 5.10 Å². The van der Waals surface area contributed by atoms with Gasteiger partial charge < -0.3 is 5.32 Å². The van der Waals surface area contributed by atoms with Crippen molar-refractivity contribution < 1.29 is 4.92 Å². The lowest BCUT2D eigenvalue weighted by molar-refractivity contribution is -0.384. The average molecular weight is 248 g/mol. The molecule has 1 aromatic heterocycles. The minimum absolute atomic E-state index is 0.0115. The van der Waals surface area contributed by atoms with Crippen LogP contribution in [0, 0.1) is 10.1 Å². The molecule has 0 aliphatic rings. The van der Waals surface area contributed by atoms with Crippen molar-refractivity contribution in [3.05, 3.63) is 40.2 Å². The van der Waals surface area contributed by atoms with Gasteiger partial charge in [0.25, 0.3) is 5.69 Å². The smallest absolute Gasteiger partial charge is 0.271 e. The molecule has 1 heterocycles. The molecule has 8 nitrogen and oxygen atoms in total. The maximum Gasteiger partial charge on any atom is 0.271 e. The Balaban J connectivity index is 2.33. The van der Waals surface area contributed by atoms with Gasteiger partial charge >= 0.3 is 0 Å². The van der Waals surface area contributed by atoms with E-state index in [1.807, 2.05) is 6.92 Å². The number of aromatic nitrogens is 4. The van der Waals surface area contributed by atoms with Crippen LogP contribution < -0.4 is 5.32 Å². The van der Waals surface area contributed by atoms with Gasteiger partial charge in [-0.2, -0.15) is 4.68 Å². The standard InChI is InChI=1S/C10H12N6O2/c1-2-11-7-10-12-13-14-15(10)8-4-3-5-9(6-8)16(17)18/h3-6,11H,2,7H2,1H3. The molecule has 1 aromatic carbocycles. The fourth-order valence-electron chi connectivity index (χ4n) is 1.49. The molecule has 0 bridgehead atoms. The van der Waals surface area contributed by atoms with E-state index in [0.29, 0.717) is 18.1 Å². The van der Waals surface area contributed by atoms with Crippen LogP contribution in [0.4, 0.5) is 5.69 Å². The lowest BCUT2D eigenvalue weighted by Crippen LogP contribution is -2.16. The van der Waals surface area contributed by atoms with Crippen molar-refractivity contribution in [2.24, 2.45) is 0 Å². The van der Waals surface area contributed by atoms with E-state index in [9.17, 15) is 10.1 Å². The van der Waals surface area contributed by atoms with Gasteiger partial charge in [0.1, 0.15) is 0 Å². The van der Waals surface area contributed by atoms with Gasteiger partial charge in [-0.05, 0) is 23.0 Å². The van der Waals surface area contributed by atoms with Gasteiger partial charge in [-0.25, -0.2) is 0 Å². The molecule has 94 valence electrons. The van der Waals surface area contributed by atoms with E-state index in [0.717, 1.165) is 6.54 Å². The molecule has 2 aromatic rings. The van der Waals surface area contributed by atoms with Gasteiger partial charge in [0.05, 0.1) is 17.2 Å². The minimum Gasteiger partial charge on any atom is -0.310 e. The normalized spacial score (nSPS) is 10.5. The van der Waals surface area contributed by atoms with E-state index in [1.165, 1.54) is 16.8 Å². The summed E-state index contributed by atoms with van der Waals surface area (Å²) in [7, 11) is 0. The first-order chi connectivity index (χ1) is 8.72. The van der Waals surface area contributed by atoms with Crippen LogP contribution in [0.2, 0.25) is 0 Å². The average Bonchev–Trinajstić information content (AvgIpc) is 2.84. The number of non-ortho nitro benzene ring substituents is 1. The molecule has 1 N–H and O–H groups in total. The Morgan fingerprint density at radius 2 is 2.33 bits per heavy atom. The monoisotopic (exact) mass is 248 g/mol. The maximum atomic E-state index is 10.7. The zero-order valence-corrected chi connectivity index (χ0v) is 9.78. The summed E-state index contributed by atoms with van der Waals surface area (Å²) in [6, 6.07) is 6.19. The van der Waals surface area contributed by atoms with E-state index in [2.05, 4.69) is 20.8 Å². The van der Waals surface area contributed by atoms with Gasteiger partial charge in [0, 0.05) is 12.1 Å². The number of nitrogens with one attached hydrogen (secondary N) is 1. The Morgan fingerprint density at radius 1 is 1.50 bits per heavy atom. The summed E-state index contributed by atoms with van der Waals surface area (Å²) in [6.45, 7) is 3.27. The van der Waals surface area contributed by atoms with Crippen LogP contribution in [0.25, 0.3) is 5.69 Å². The first-order valence-electron chi connectivity index (χ1n) is 5.45. The molecule has 18 heavy (non-hydrogen) atoms. The molecule has 0 unspecified atom stereocenters. The van der Waals surface area contributed by atoms with Crippen molar-refractivity contribution in [2.45, 2.75) is 13.5 Å². The molecule has 0 atom stereocenters. The van der Waals surface area contributed by atoms with Gasteiger partial charge in [-0.3, -0.25) is 10.1 Å². The van der Waals surface area contributed by atoms with Crippen molar-refractivity contribution in [2.75, 3.05) is 6.54 Å². The number of nitrogens with zero attached hydrogens (tertiary/aromatic N) is 5. The third kappa shape index (κ3) is 2.48. The Hall–Kier alpha value is -2.35. The number of benzene rings is 1. The number of hydrogen-bond donors (Lipinski definition) is 1. The van der Waals surface area contributed by atoms with E-state index in [4.69, 9.17) is 0 Å². The highest BCUT2D eigenvalue weighted by molar-refractivity contribution is 5.42. The lowest BCUT2D eigenvalue weighted by Gasteiger charge is -2.04. The number of hydrogen-bond acceptors (Lipinski definition) is 6. The molecule has 8 heteroatoms. The van der Waals surface area contributed by atoms with E-state index in [1.54, 1.807) is 12.1 Å². The molecule has 0 aliphatic heterocycles. The van der Waals surface area contributed by atoms with Crippen molar-refractivity contribution in [3.8, 4) is 5.69 Å². The topological polar surface area (TPSA) is 98.8 Å².